The summed E-state index contributed by atoms with van der Waals surface area (Å²) >= 11 is 0. The number of aryl methyl sites for hydroxylation is 2. The normalized spacial score (nSPS) is 12.0. The number of rotatable bonds is 5. The van der Waals surface area contributed by atoms with Crippen molar-refractivity contribution in [3.8, 4) is 22.4 Å². The molecule has 0 fully saturated rings. The molecule has 0 aliphatic rings. The Kier molecular flexibility index (Phi) is 11.6. The van der Waals surface area contributed by atoms with Gasteiger partial charge >= 0.3 is 0 Å². The minimum atomic E-state index is -1.40. The van der Waals surface area contributed by atoms with Crippen molar-refractivity contribution in [2.75, 3.05) is 0 Å². The number of pyridine rings is 1. The number of aromatic nitrogens is 1. The van der Waals surface area contributed by atoms with Crippen LogP contribution in [-0.2, 0) is 24.9 Å². The summed E-state index contributed by atoms with van der Waals surface area (Å²) in [5, 5.41) is 12.0. The van der Waals surface area contributed by atoms with Crippen molar-refractivity contribution in [2.45, 2.75) is 68.1 Å². The van der Waals surface area contributed by atoms with Gasteiger partial charge in [0.15, 0.2) is 5.78 Å². The summed E-state index contributed by atoms with van der Waals surface area (Å²) < 4.78 is 0. The number of hydrogen-bond acceptors (Lipinski definition) is 3. The van der Waals surface area contributed by atoms with Crippen LogP contribution in [0.3, 0.4) is 0 Å². The standard InChI is InChI=1S/C26H26NSi.C10H18O2.Ir/c1-18-13-19(2)15-21(14-18)26-17-23(20-9-7-6-8-10-20)24-16-22(28(3,4)5)11-12-25(24)27-26;1-7(2)8(11)6-9(12)10(3,4)5;/h6-14,16-17H,1-5H3;6-7,11H,1-5H3;/q-1;;/b;8-6-;. The number of hydrogen-bond donors (Lipinski definition) is 1. The molecule has 0 amide bonds. The van der Waals surface area contributed by atoms with Gasteiger partial charge in [-0.25, -0.2) is 0 Å². The summed E-state index contributed by atoms with van der Waals surface area (Å²) in [6, 6.07) is 27.5. The van der Waals surface area contributed by atoms with Crippen molar-refractivity contribution >= 4 is 29.9 Å². The van der Waals surface area contributed by atoms with E-state index in [4.69, 9.17) is 4.98 Å². The van der Waals surface area contributed by atoms with Gasteiger partial charge in [-0.05, 0) is 22.9 Å². The minimum absolute atomic E-state index is 0. The van der Waals surface area contributed by atoms with Crippen LogP contribution in [0.2, 0.25) is 19.6 Å². The Hall–Kier alpha value is -2.85. The molecule has 1 heterocycles. The summed E-state index contributed by atoms with van der Waals surface area (Å²) in [6.45, 7) is 20.6. The van der Waals surface area contributed by atoms with Crippen molar-refractivity contribution in [1.82, 2.24) is 4.98 Å². The van der Waals surface area contributed by atoms with Crippen molar-refractivity contribution in [3.63, 3.8) is 0 Å². The van der Waals surface area contributed by atoms with Gasteiger partial charge in [-0.2, -0.15) is 0 Å². The molecule has 0 bridgehead atoms. The first-order valence-corrected chi connectivity index (χ1v) is 17.5. The predicted octanol–water partition coefficient (Wildman–Crippen LogP) is 9.23. The molecule has 41 heavy (non-hydrogen) atoms. The van der Waals surface area contributed by atoms with E-state index in [1.807, 2.05) is 34.6 Å². The molecule has 5 heteroatoms. The minimum Gasteiger partial charge on any atom is -0.512 e. The zero-order chi connectivity index (χ0) is 29.8. The number of carbonyl (C=O) groups excluding carboxylic acids is 1. The van der Waals surface area contributed by atoms with Crippen LogP contribution in [0, 0.1) is 31.2 Å². The summed E-state index contributed by atoms with van der Waals surface area (Å²) in [5.74, 6) is 0.153. The maximum atomic E-state index is 11.3. The van der Waals surface area contributed by atoms with E-state index in [2.05, 4.69) is 106 Å². The van der Waals surface area contributed by atoms with Gasteiger partial charge in [0.1, 0.15) is 0 Å². The third-order valence-electron chi connectivity index (χ3n) is 6.79. The summed E-state index contributed by atoms with van der Waals surface area (Å²) in [7, 11) is -1.40. The Labute approximate surface area is 261 Å². The molecule has 3 nitrogen and oxygen atoms in total. The van der Waals surface area contributed by atoms with Gasteiger partial charge in [-0.15, -0.1) is 34.9 Å². The number of fused-ring (bicyclic) bond motifs is 1. The Bertz CT molecular complexity index is 1510. The van der Waals surface area contributed by atoms with Crippen molar-refractivity contribution in [3.05, 3.63) is 95.8 Å². The molecule has 0 saturated carbocycles. The number of nitrogens with zero attached hydrogens (tertiary/aromatic N) is 1. The zero-order valence-corrected chi connectivity index (χ0v) is 29.5. The van der Waals surface area contributed by atoms with E-state index < -0.39 is 13.5 Å². The average molecular weight is 743 g/mol. The third-order valence-corrected chi connectivity index (χ3v) is 8.84. The number of aliphatic hydroxyl groups is 1. The van der Waals surface area contributed by atoms with Gasteiger partial charge in [0.2, 0.25) is 0 Å². The maximum Gasteiger partial charge on any atom is 0.164 e. The molecule has 3 aromatic carbocycles. The van der Waals surface area contributed by atoms with E-state index in [0.717, 1.165) is 22.3 Å². The second-order valence-electron chi connectivity index (χ2n) is 13.0. The fraction of sp³-hybridized carbons (Fsp3) is 0.333. The number of carbonyl (C=O) groups is 1. The van der Waals surface area contributed by atoms with Crippen LogP contribution in [0.5, 0.6) is 0 Å². The van der Waals surface area contributed by atoms with Crippen molar-refractivity contribution in [2.24, 2.45) is 11.3 Å². The van der Waals surface area contributed by atoms with E-state index >= 15 is 0 Å². The molecule has 1 N–H and O–H groups in total. The molecule has 0 aliphatic carbocycles. The zero-order valence-electron chi connectivity index (χ0n) is 26.1. The molecule has 4 rings (SSSR count). The number of aliphatic hydroxyl groups excluding tert-OH is 1. The smallest absolute Gasteiger partial charge is 0.164 e. The Balaban J connectivity index is 0.000000387. The van der Waals surface area contributed by atoms with E-state index in [9.17, 15) is 9.90 Å². The molecule has 0 unspecified atom stereocenters. The van der Waals surface area contributed by atoms with Crippen LogP contribution in [0.4, 0.5) is 0 Å². The Morgan fingerprint density at radius 1 is 0.951 bits per heavy atom. The SMILES string of the molecule is CC(C)/C(O)=C/C(=O)C(C)(C)C.Cc1[c-]c(-c2cc(-c3ccccc3)c3cc([Si](C)(C)C)ccc3n2)cc(C)c1.[Ir]. The van der Waals surface area contributed by atoms with Crippen LogP contribution in [0.15, 0.2) is 78.6 Å². The second-order valence-corrected chi connectivity index (χ2v) is 18.1. The fourth-order valence-corrected chi connectivity index (χ4v) is 5.40. The van der Waals surface area contributed by atoms with E-state index in [1.165, 1.54) is 33.3 Å². The number of ketones is 1. The molecule has 0 spiro atoms. The molecular weight excluding hydrogens is 699 g/mol. The first-order chi connectivity index (χ1) is 18.6. The quantitative estimate of drug-likeness (QED) is 0.0961. The first-order valence-electron chi connectivity index (χ1n) is 14.0. The Morgan fingerprint density at radius 3 is 2.12 bits per heavy atom. The van der Waals surface area contributed by atoms with E-state index in [1.54, 1.807) is 0 Å². The Morgan fingerprint density at radius 2 is 1.59 bits per heavy atom. The summed E-state index contributed by atoms with van der Waals surface area (Å²) in [6.07, 6.45) is 1.32. The molecule has 4 aromatic rings. The van der Waals surface area contributed by atoms with Gasteiger partial charge in [-0.1, -0.05) is 122 Å². The van der Waals surface area contributed by atoms with Crippen LogP contribution >= 0.6 is 0 Å². The van der Waals surface area contributed by atoms with Gasteiger partial charge in [0.05, 0.1) is 19.3 Å². The maximum absolute atomic E-state index is 11.3. The van der Waals surface area contributed by atoms with Crippen molar-refractivity contribution in [1.29, 1.82) is 0 Å². The van der Waals surface area contributed by atoms with E-state index in [-0.39, 0.29) is 37.6 Å². The average Bonchev–Trinajstić information content (AvgIpc) is 2.86. The number of allylic oxidation sites excluding steroid dienone is 2. The van der Waals surface area contributed by atoms with Crippen LogP contribution in [0.1, 0.15) is 45.7 Å². The van der Waals surface area contributed by atoms with Gasteiger partial charge < -0.3 is 5.11 Å². The molecular formula is C36H44IrNO2Si-. The fourth-order valence-electron chi connectivity index (χ4n) is 4.24. The van der Waals surface area contributed by atoms with Gasteiger partial charge in [-0.3, -0.25) is 9.78 Å². The third kappa shape index (κ3) is 9.33. The number of benzene rings is 3. The summed E-state index contributed by atoms with van der Waals surface area (Å²) in [5.41, 5.74) is 7.55. The topological polar surface area (TPSA) is 50.2 Å². The monoisotopic (exact) mass is 743 g/mol. The molecule has 219 valence electrons. The van der Waals surface area contributed by atoms with Crippen LogP contribution in [-0.4, -0.2) is 23.9 Å². The second kappa shape index (κ2) is 13.9. The molecule has 0 atom stereocenters. The van der Waals surface area contributed by atoms with Gasteiger partial charge in [0, 0.05) is 42.9 Å². The van der Waals surface area contributed by atoms with Crippen molar-refractivity contribution < 1.29 is 30.0 Å². The predicted molar refractivity (Wildman–Crippen MR) is 174 cm³/mol. The molecule has 1 radical (unpaired) electrons. The van der Waals surface area contributed by atoms with Crippen LogP contribution < -0.4 is 5.19 Å². The first kappa shape index (κ1) is 34.3. The molecule has 0 aliphatic heterocycles. The van der Waals surface area contributed by atoms with E-state index in [0.29, 0.717) is 0 Å². The largest absolute Gasteiger partial charge is 0.512 e. The molecule has 1 aromatic heterocycles. The van der Waals surface area contributed by atoms with Gasteiger partial charge in [0.25, 0.3) is 0 Å². The van der Waals surface area contributed by atoms with Crippen LogP contribution in [0.25, 0.3) is 33.3 Å². The molecule has 0 saturated heterocycles. The summed E-state index contributed by atoms with van der Waals surface area (Å²) in [4.78, 5) is 16.4.